The highest BCUT2D eigenvalue weighted by Gasteiger charge is 2.35. The van der Waals surface area contributed by atoms with E-state index in [9.17, 15) is 13.2 Å². The van der Waals surface area contributed by atoms with Crippen molar-refractivity contribution in [1.29, 1.82) is 0 Å². The Hall–Kier alpha value is -1.64. The van der Waals surface area contributed by atoms with E-state index in [-0.39, 0.29) is 17.1 Å². The van der Waals surface area contributed by atoms with E-state index in [0.29, 0.717) is 30.7 Å². The van der Waals surface area contributed by atoms with Gasteiger partial charge in [-0.25, -0.2) is 4.98 Å². The van der Waals surface area contributed by atoms with Crippen LogP contribution in [-0.4, -0.2) is 34.2 Å². The van der Waals surface area contributed by atoms with Gasteiger partial charge in [0.25, 0.3) is 0 Å². The lowest BCUT2D eigenvalue weighted by Gasteiger charge is -2.36. The summed E-state index contributed by atoms with van der Waals surface area (Å²) >= 11 is 5.34. The molecule has 9 heteroatoms. The highest BCUT2D eigenvalue weighted by Crippen LogP contribution is 2.32. The Balaban J connectivity index is 1.77. The van der Waals surface area contributed by atoms with Crippen molar-refractivity contribution in [2.45, 2.75) is 71.0 Å². The summed E-state index contributed by atoms with van der Waals surface area (Å²) in [6.45, 7) is 5.59. The average molecular weight is 430 g/mol. The molecule has 2 N–H and O–H groups in total. The van der Waals surface area contributed by atoms with E-state index in [4.69, 9.17) is 12.2 Å². The third kappa shape index (κ3) is 6.42. The Kier molecular flexibility index (Phi) is 7.19. The summed E-state index contributed by atoms with van der Waals surface area (Å²) in [5.74, 6) is 0.993. The Labute approximate surface area is 175 Å². The Bertz CT molecular complexity index is 694. The third-order valence-electron chi connectivity index (χ3n) is 5.61. The Morgan fingerprint density at radius 1 is 1.07 bits per heavy atom. The summed E-state index contributed by atoms with van der Waals surface area (Å²) in [7, 11) is 0. The first-order valence-corrected chi connectivity index (χ1v) is 10.9. The van der Waals surface area contributed by atoms with Gasteiger partial charge in [-0.1, -0.05) is 39.5 Å². The summed E-state index contributed by atoms with van der Waals surface area (Å²) < 4.78 is 40.3. The molecule has 1 aromatic heterocycles. The molecule has 2 heterocycles. The number of hydrogen-bond acceptors (Lipinski definition) is 4. The van der Waals surface area contributed by atoms with Crippen LogP contribution in [0.2, 0.25) is 0 Å². The van der Waals surface area contributed by atoms with Crippen LogP contribution in [0.3, 0.4) is 0 Å². The maximum absolute atomic E-state index is 13.4. The lowest BCUT2D eigenvalue weighted by molar-refractivity contribution is -0.141. The fraction of sp³-hybridized carbons (Fsp3) is 0.750. The van der Waals surface area contributed by atoms with E-state index >= 15 is 0 Å². The van der Waals surface area contributed by atoms with Crippen LogP contribution in [0.5, 0.6) is 0 Å². The molecule has 162 valence electrons. The van der Waals surface area contributed by atoms with E-state index in [1.165, 1.54) is 12.8 Å². The summed E-state index contributed by atoms with van der Waals surface area (Å²) in [6, 6.07) is 1.28. The normalized spacial score (nSPS) is 24.1. The molecule has 1 saturated heterocycles. The Morgan fingerprint density at radius 2 is 1.69 bits per heavy atom. The molecule has 1 aliphatic heterocycles. The predicted molar refractivity (Wildman–Crippen MR) is 113 cm³/mol. The lowest BCUT2D eigenvalue weighted by Crippen LogP contribution is -2.40. The molecule has 2 aliphatic rings. The van der Waals surface area contributed by atoms with Gasteiger partial charge in [0, 0.05) is 25.2 Å². The lowest BCUT2D eigenvalue weighted by atomic mass is 9.92. The van der Waals surface area contributed by atoms with Crippen LogP contribution in [0.1, 0.15) is 64.5 Å². The standard InChI is InChI=1S/C20H30F3N5S/c1-13-9-14(2)12-28(11-13)17-10-16(20(21,22)23)25-18(26-17)27-19(29)24-15-7-5-3-4-6-8-15/h10,13-15H,3-9,11-12H2,1-2H3,(H2,24,25,26,27,29)/t13-,14-/m0/s1. The molecule has 29 heavy (non-hydrogen) atoms. The molecule has 2 atom stereocenters. The molecule has 1 aliphatic carbocycles. The number of hydrogen-bond donors (Lipinski definition) is 2. The summed E-state index contributed by atoms with van der Waals surface area (Å²) in [5, 5.41) is 6.30. The summed E-state index contributed by atoms with van der Waals surface area (Å²) in [5.41, 5.74) is -0.951. The number of aromatic nitrogens is 2. The van der Waals surface area contributed by atoms with E-state index in [1.807, 2.05) is 4.90 Å². The quantitative estimate of drug-likeness (QED) is 0.522. The second kappa shape index (κ2) is 9.45. The van der Waals surface area contributed by atoms with Crippen molar-refractivity contribution in [3.05, 3.63) is 11.8 Å². The van der Waals surface area contributed by atoms with Crippen LogP contribution >= 0.6 is 12.2 Å². The number of thiocarbonyl (C=S) groups is 1. The monoisotopic (exact) mass is 429 g/mol. The number of piperidine rings is 1. The number of nitrogens with zero attached hydrogens (tertiary/aromatic N) is 3. The van der Waals surface area contributed by atoms with Gasteiger partial charge in [0.1, 0.15) is 5.82 Å². The van der Waals surface area contributed by atoms with Gasteiger partial charge in [0.15, 0.2) is 10.8 Å². The number of nitrogens with one attached hydrogen (secondary N) is 2. The summed E-state index contributed by atoms with van der Waals surface area (Å²) in [4.78, 5) is 9.97. The van der Waals surface area contributed by atoms with Crippen LogP contribution in [0.4, 0.5) is 24.9 Å². The maximum atomic E-state index is 13.4. The zero-order valence-corrected chi connectivity index (χ0v) is 17.9. The fourth-order valence-electron chi connectivity index (χ4n) is 4.39. The van der Waals surface area contributed by atoms with Crippen LogP contribution in [-0.2, 0) is 6.18 Å². The zero-order chi connectivity index (χ0) is 21.0. The Morgan fingerprint density at radius 3 is 2.28 bits per heavy atom. The smallest absolute Gasteiger partial charge is 0.360 e. The minimum Gasteiger partial charge on any atom is -0.360 e. The first-order chi connectivity index (χ1) is 13.7. The van der Waals surface area contributed by atoms with Gasteiger partial charge in [-0.3, -0.25) is 0 Å². The zero-order valence-electron chi connectivity index (χ0n) is 17.1. The highest BCUT2D eigenvalue weighted by atomic mass is 32.1. The highest BCUT2D eigenvalue weighted by molar-refractivity contribution is 7.80. The fourth-order valence-corrected chi connectivity index (χ4v) is 4.65. The molecule has 1 saturated carbocycles. The summed E-state index contributed by atoms with van der Waals surface area (Å²) in [6.07, 6.45) is 3.24. The average Bonchev–Trinajstić information content (AvgIpc) is 2.88. The van der Waals surface area contributed by atoms with Crippen molar-refractivity contribution in [3.8, 4) is 0 Å². The SMILES string of the molecule is C[C@H]1C[C@H](C)CN(c2cc(C(F)(F)F)nc(NC(=S)NC3CCCCCC3)n2)C1. The molecular formula is C20H30F3N5S. The molecule has 1 aromatic rings. The molecular weight excluding hydrogens is 399 g/mol. The van der Waals surface area contributed by atoms with Crippen molar-refractivity contribution < 1.29 is 13.2 Å². The number of alkyl halides is 3. The minimum atomic E-state index is -4.54. The first-order valence-electron chi connectivity index (χ1n) is 10.5. The van der Waals surface area contributed by atoms with Crippen LogP contribution < -0.4 is 15.5 Å². The van der Waals surface area contributed by atoms with Crippen LogP contribution in [0.25, 0.3) is 0 Å². The largest absolute Gasteiger partial charge is 0.433 e. The van der Waals surface area contributed by atoms with Gasteiger partial charge in [0.05, 0.1) is 0 Å². The van der Waals surface area contributed by atoms with E-state index < -0.39 is 11.9 Å². The minimum absolute atomic E-state index is 0.105. The van der Waals surface area contributed by atoms with Gasteiger partial charge in [-0.2, -0.15) is 18.2 Å². The number of halogens is 3. The van der Waals surface area contributed by atoms with Crippen molar-refractivity contribution in [2.75, 3.05) is 23.3 Å². The van der Waals surface area contributed by atoms with Crippen molar-refractivity contribution in [3.63, 3.8) is 0 Å². The van der Waals surface area contributed by atoms with Gasteiger partial charge in [0.2, 0.25) is 5.95 Å². The molecule has 0 radical (unpaired) electrons. The van der Waals surface area contributed by atoms with Crippen molar-refractivity contribution in [2.24, 2.45) is 11.8 Å². The van der Waals surface area contributed by atoms with E-state index in [2.05, 4.69) is 34.4 Å². The molecule has 0 amide bonds. The maximum Gasteiger partial charge on any atom is 0.433 e. The van der Waals surface area contributed by atoms with Crippen molar-refractivity contribution >= 4 is 29.1 Å². The van der Waals surface area contributed by atoms with Crippen molar-refractivity contribution in [1.82, 2.24) is 15.3 Å². The van der Waals surface area contributed by atoms with Gasteiger partial charge < -0.3 is 15.5 Å². The van der Waals surface area contributed by atoms with Gasteiger partial charge >= 0.3 is 6.18 Å². The molecule has 0 bridgehead atoms. The first kappa shape index (κ1) is 22.1. The molecule has 0 unspecified atom stereocenters. The second-order valence-electron chi connectivity index (χ2n) is 8.57. The van der Waals surface area contributed by atoms with Gasteiger partial charge in [-0.15, -0.1) is 0 Å². The molecule has 0 aromatic carbocycles. The molecule has 5 nitrogen and oxygen atoms in total. The van der Waals surface area contributed by atoms with Crippen LogP contribution in [0.15, 0.2) is 6.07 Å². The van der Waals surface area contributed by atoms with E-state index in [1.54, 1.807) is 0 Å². The predicted octanol–water partition coefficient (Wildman–Crippen LogP) is 4.99. The van der Waals surface area contributed by atoms with E-state index in [0.717, 1.165) is 38.2 Å². The number of anilines is 2. The molecule has 3 rings (SSSR count). The van der Waals surface area contributed by atoms with Crippen LogP contribution in [0, 0.1) is 11.8 Å². The van der Waals surface area contributed by atoms with Gasteiger partial charge in [-0.05, 0) is 43.3 Å². The third-order valence-corrected chi connectivity index (χ3v) is 5.83. The second-order valence-corrected chi connectivity index (χ2v) is 8.98. The molecule has 0 spiro atoms. The topological polar surface area (TPSA) is 53.1 Å². The number of rotatable bonds is 3. The molecule has 2 fully saturated rings.